The van der Waals surface area contributed by atoms with E-state index in [1.54, 1.807) is 7.11 Å². The van der Waals surface area contributed by atoms with Crippen molar-refractivity contribution in [1.82, 2.24) is 9.97 Å². The van der Waals surface area contributed by atoms with Crippen LogP contribution in [0.3, 0.4) is 0 Å². The molecule has 0 aliphatic carbocycles. The van der Waals surface area contributed by atoms with E-state index in [2.05, 4.69) is 57.7 Å². The van der Waals surface area contributed by atoms with Crippen molar-refractivity contribution >= 4 is 16.7 Å². The second-order valence-electron chi connectivity index (χ2n) is 7.81. The summed E-state index contributed by atoms with van der Waals surface area (Å²) in [5.74, 6) is 2.54. The Morgan fingerprint density at radius 1 is 0.818 bits per heavy atom. The van der Waals surface area contributed by atoms with Gasteiger partial charge in [-0.1, -0.05) is 54.6 Å². The normalized spacial score (nSPS) is 10.8. The van der Waals surface area contributed by atoms with Gasteiger partial charge in [-0.2, -0.15) is 0 Å². The lowest BCUT2D eigenvalue weighted by molar-refractivity contribution is 0.306. The highest BCUT2D eigenvalue weighted by atomic mass is 16.5. The molecule has 2 heterocycles. The van der Waals surface area contributed by atoms with Gasteiger partial charge in [0.1, 0.15) is 23.9 Å². The smallest absolute Gasteiger partial charge is 0.135 e. The van der Waals surface area contributed by atoms with E-state index >= 15 is 0 Å². The zero-order valence-electron chi connectivity index (χ0n) is 18.4. The van der Waals surface area contributed by atoms with Gasteiger partial charge in [0, 0.05) is 29.4 Å². The molecule has 5 nitrogen and oxygen atoms in total. The largest absolute Gasteiger partial charge is 0.497 e. The molecule has 5 heteroatoms. The molecule has 0 aliphatic rings. The van der Waals surface area contributed by atoms with Crippen LogP contribution in [-0.2, 0) is 13.2 Å². The maximum Gasteiger partial charge on any atom is 0.135 e. The van der Waals surface area contributed by atoms with E-state index in [1.165, 1.54) is 0 Å². The van der Waals surface area contributed by atoms with Gasteiger partial charge < -0.3 is 19.8 Å². The van der Waals surface area contributed by atoms with Gasteiger partial charge in [-0.3, -0.25) is 0 Å². The van der Waals surface area contributed by atoms with Gasteiger partial charge in [-0.25, -0.2) is 4.98 Å². The van der Waals surface area contributed by atoms with Crippen LogP contribution in [-0.4, -0.2) is 17.1 Å². The number of pyridine rings is 1. The summed E-state index contributed by atoms with van der Waals surface area (Å²) < 4.78 is 11.2. The monoisotopic (exact) mass is 435 g/mol. The van der Waals surface area contributed by atoms with Crippen LogP contribution in [0.2, 0.25) is 0 Å². The number of hydrogen-bond donors (Lipinski definition) is 2. The fraction of sp³-hybridized carbons (Fsp3) is 0.107. The third kappa shape index (κ3) is 4.83. The lowest BCUT2D eigenvalue weighted by atomic mass is 10.1. The van der Waals surface area contributed by atoms with Crippen LogP contribution in [0.1, 0.15) is 11.1 Å². The Hall–Kier alpha value is -4.25. The molecule has 0 unspecified atom stereocenters. The predicted molar refractivity (Wildman–Crippen MR) is 133 cm³/mol. The number of H-pyrrole nitrogens is 1. The number of aromatic amines is 1. The zero-order chi connectivity index (χ0) is 22.5. The first kappa shape index (κ1) is 20.6. The molecular weight excluding hydrogens is 410 g/mol. The Kier molecular flexibility index (Phi) is 5.93. The van der Waals surface area contributed by atoms with Crippen molar-refractivity contribution in [2.24, 2.45) is 0 Å². The molecule has 0 saturated heterocycles. The molecule has 0 aliphatic heterocycles. The molecule has 5 aromatic rings. The Balaban J connectivity index is 1.34. The summed E-state index contributed by atoms with van der Waals surface area (Å²) in [5, 5.41) is 4.51. The average Bonchev–Trinajstić information content (AvgIpc) is 3.33. The Morgan fingerprint density at radius 3 is 2.48 bits per heavy atom. The number of nitrogens with one attached hydrogen (secondary N) is 2. The van der Waals surface area contributed by atoms with Gasteiger partial charge in [-0.15, -0.1) is 0 Å². The van der Waals surface area contributed by atoms with E-state index < -0.39 is 0 Å². The van der Waals surface area contributed by atoms with Gasteiger partial charge >= 0.3 is 0 Å². The fourth-order valence-corrected chi connectivity index (χ4v) is 3.77. The van der Waals surface area contributed by atoms with Crippen LogP contribution in [0.5, 0.6) is 11.5 Å². The standard InChI is InChI=1S/C28H25N3O2/c1-32-23-12-10-20(11-13-23)18-30-28-25-17-27(31-26(25)14-15-29-28)22-8-5-9-24(16-22)33-19-21-6-3-2-4-7-21/h2-17,31H,18-19H2,1H3,(H,29,30). The molecule has 164 valence electrons. The first-order valence-corrected chi connectivity index (χ1v) is 10.9. The molecule has 5 rings (SSSR count). The summed E-state index contributed by atoms with van der Waals surface area (Å²) in [6, 6.07) is 30.5. The number of benzene rings is 3. The van der Waals surface area contributed by atoms with E-state index in [-0.39, 0.29) is 0 Å². The van der Waals surface area contributed by atoms with Crippen molar-refractivity contribution in [3.8, 4) is 22.8 Å². The highest BCUT2D eigenvalue weighted by Gasteiger charge is 2.09. The molecular formula is C28H25N3O2. The summed E-state index contributed by atoms with van der Waals surface area (Å²) in [7, 11) is 1.67. The third-order valence-corrected chi connectivity index (χ3v) is 5.56. The SMILES string of the molecule is COc1ccc(CNc2nccc3[nH]c(-c4cccc(OCc5ccccc5)c4)cc23)cc1. The molecule has 0 fully saturated rings. The molecule has 33 heavy (non-hydrogen) atoms. The summed E-state index contributed by atoms with van der Waals surface area (Å²) in [4.78, 5) is 8.08. The third-order valence-electron chi connectivity index (χ3n) is 5.56. The summed E-state index contributed by atoms with van der Waals surface area (Å²) >= 11 is 0. The average molecular weight is 436 g/mol. The first-order chi connectivity index (χ1) is 16.3. The van der Waals surface area contributed by atoms with E-state index in [4.69, 9.17) is 9.47 Å². The highest BCUT2D eigenvalue weighted by molar-refractivity contribution is 5.93. The van der Waals surface area contributed by atoms with Crippen molar-refractivity contribution in [1.29, 1.82) is 0 Å². The van der Waals surface area contributed by atoms with Gasteiger partial charge in [-0.05, 0) is 47.5 Å². The second-order valence-corrected chi connectivity index (χ2v) is 7.81. The number of aromatic nitrogens is 2. The van der Waals surface area contributed by atoms with Crippen molar-refractivity contribution in [3.63, 3.8) is 0 Å². The van der Waals surface area contributed by atoms with Crippen LogP contribution in [0.15, 0.2) is 97.2 Å². The number of anilines is 1. The maximum atomic E-state index is 6.01. The van der Waals surface area contributed by atoms with Crippen LogP contribution >= 0.6 is 0 Å². The van der Waals surface area contributed by atoms with Gasteiger partial charge in [0.25, 0.3) is 0 Å². The van der Waals surface area contributed by atoms with Crippen molar-refractivity contribution < 1.29 is 9.47 Å². The quantitative estimate of drug-likeness (QED) is 0.295. The maximum absolute atomic E-state index is 6.01. The topological polar surface area (TPSA) is 59.2 Å². The lowest BCUT2D eigenvalue weighted by Crippen LogP contribution is -2.01. The molecule has 0 bridgehead atoms. The minimum Gasteiger partial charge on any atom is -0.497 e. The molecule has 2 N–H and O–H groups in total. The van der Waals surface area contributed by atoms with Crippen LogP contribution in [0, 0.1) is 0 Å². The minimum atomic E-state index is 0.542. The van der Waals surface area contributed by atoms with Gasteiger partial charge in [0.05, 0.1) is 12.6 Å². The molecule has 3 aromatic carbocycles. The number of fused-ring (bicyclic) bond motifs is 1. The van der Waals surface area contributed by atoms with E-state index in [1.807, 2.05) is 54.7 Å². The number of ether oxygens (including phenoxy) is 2. The summed E-state index contributed by atoms with van der Waals surface area (Å²) in [6.45, 7) is 1.22. The highest BCUT2D eigenvalue weighted by Crippen LogP contribution is 2.30. The summed E-state index contributed by atoms with van der Waals surface area (Å²) in [5.41, 5.74) is 5.43. The van der Waals surface area contributed by atoms with Crippen molar-refractivity contribution in [2.45, 2.75) is 13.2 Å². The Morgan fingerprint density at radius 2 is 1.67 bits per heavy atom. The Labute approximate surface area is 193 Å². The molecule has 2 aromatic heterocycles. The van der Waals surface area contributed by atoms with Crippen molar-refractivity contribution in [2.75, 3.05) is 12.4 Å². The number of nitrogens with zero attached hydrogens (tertiary/aromatic N) is 1. The lowest BCUT2D eigenvalue weighted by Gasteiger charge is -2.08. The van der Waals surface area contributed by atoms with Crippen molar-refractivity contribution in [3.05, 3.63) is 108 Å². The van der Waals surface area contributed by atoms with Crippen LogP contribution < -0.4 is 14.8 Å². The molecule has 0 radical (unpaired) electrons. The minimum absolute atomic E-state index is 0.542. The number of hydrogen-bond acceptors (Lipinski definition) is 4. The number of rotatable bonds is 8. The first-order valence-electron chi connectivity index (χ1n) is 10.9. The predicted octanol–water partition coefficient (Wildman–Crippen LogP) is 6.43. The van der Waals surface area contributed by atoms with E-state index in [9.17, 15) is 0 Å². The Bertz CT molecular complexity index is 1340. The van der Waals surface area contributed by atoms with Crippen LogP contribution in [0.25, 0.3) is 22.2 Å². The molecule has 0 spiro atoms. The van der Waals surface area contributed by atoms with E-state index in [0.29, 0.717) is 13.2 Å². The van der Waals surface area contributed by atoms with Gasteiger partial charge in [0.2, 0.25) is 0 Å². The molecule has 0 amide bonds. The fourth-order valence-electron chi connectivity index (χ4n) is 3.77. The van der Waals surface area contributed by atoms with Gasteiger partial charge in [0.15, 0.2) is 0 Å². The number of methoxy groups -OCH3 is 1. The molecule has 0 saturated carbocycles. The zero-order valence-corrected chi connectivity index (χ0v) is 18.4. The van der Waals surface area contributed by atoms with Crippen LogP contribution in [0.4, 0.5) is 5.82 Å². The second kappa shape index (κ2) is 9.49. The molecule has 0 atom stereocenters. The van der Waals surface area contributed by atoms with E-state index in [0.717, 1.165) is 50.6 Å². The summed E-state index contributed by atoms with van der Waals surface area (Å²) in [6.07, 6.45) is 1.82.